The SMILES string of the molecule is OC[C@@H]1C[C@H]1[C@@H]1CCCO1. The zero-order valence-corrected chi connectivity index (χ0v) is 6.12. The highest BCUT2D eigenvalue weighted by atomic mass is 16.5. The smallest absolute Gasteiger partial charge is 0.0607 e. The fraction of sp³-hybridized carbons (Fsp3) is 1.00. The van der Waals surface area contributed by atoms with Crippen LogP contribution in [0.25, 0.3) is 0 Å². The minimum absolute atomic E-state index is 0.366. The van der Waals surface area contributed by atoms with Crippen molar-refractivity contribution < 1.29 is 9.84 Å². The Morgan fingerprint density at radius 3 is 2.90 bits per heavy atom. The summed E-state index contributed by atoms with van der Waals surface area (Å²) >= 11 is 0. The van der Waals surface area contributed by atoms with Crippen molar-refractivity contribution in [1.82, 2.24) is 0 Å². The van der Waals surface area contributed by atoms with E-state index in [4.69, 9.17) is 9.84 Å². The van der Waals surface area contributed by atoms with Gasteiger partial charge < -0.3 is 9.84 Å². The van der Waals surface area contributed by atoms with Gasteiger partial charge in [-0.2, -0.15) is 0 Å². The van der Waals surface area contributed by atoms with Gasteiger partial charge in [0.15, 0.2) is 0 Å². The Kier molecular flexibility index (Phi) is 1.66. The van der Waals surface area contributed by atoms with Crippen molar-refractivity contribution in [2.75, 3.05) is 13.2 Å². The standard InChI is InChI=1S/C8H14O2/c9-5-6-4-7(6)8-2-1-3-10-8/h6-9H,1-5H2/t6-,7+,8-/m0/s1. The molecule has 1 saturated carbocycles. The van der Waals surface area contributed by atoms with Crippen LogP contribution >= 0.6 is 0 Å². The van der Waals surface area contributed by atoms with Crippen molar-refractivity contribution in [3.05, 3.63) is 0 Å². The zero-order valence-electron chi connectivity index (χ0n) is 6.12. The van der Waals surface area contributed by atoms with Crippen LogP contribution in [-0.2, 0) is 4.74 Å². The highest BCUT2D eigenvalue weighted by Gasteiger charge is 2.43. The molecule has 2 aliphatic rings. The maximum Gasteiger partial charge on any atom is 0.0607 e. The van der Waals surface area contributed by atoms with Gasteiger partial charge in [-0.25, -0.2) is 0 Å². The summed E-state index contributed by atoms with van der Waals surface area (Å²) in [7, 11) is 0. The van der Waals surface area contributed by atoms with Gasteiger partial charge in [0, 0.05) is 13.2 Å². The van der Waals surface area contributed by atoms with E-state index in [2.05, 4.69) is 0 Å². The molecule has 0 amide bonds. The molecule has 0 unspecified atom stereocenters. The van der Waals surface area contributed by atoms with E-state index in [-0.39, 0.29) is 0 Å². The van der Waals surface area contributed by atoms with Gasteiger partial charge in [-0.3, -0.25) is 0 Å². The summed E-state index contributed by atoms with van der Waals surface area (Å²) in [6.45, 7) is 1.31. The molecular formula is C8H14O2. The molecule has 1 N–H and O–H groups in total. The third-order valence-corrected chi connectivity index (χ3v) is 2.65. The van der Waals surface area contributed by atoms with Crippen LogP contribution in [0.15, 0.2) is 0 Å². The fourth-order valence-corrected chi connectivity index (χ4v) is 1.88. The highest BCUT2D eigenvalue weighted by molar-refractivity contribution is 4.92. The first-order valence-corrected chi connectivity index (χ1v) is 4.14. The maximum atomic E-state index is 8.78. The molecule has 0 spiro atoms. The van der Waals surface area contributed by atoms with Gasteiger partial charge in [-0.1, -0.05) is 0 Å². The largest absolute Gasteiger partial charge is 0.396 e. The molecule has 2 rings (SSSR count). The summed E-state index contributed by atoms with van der Waals surface area (Å²) in [6.07, 6.45) is 4.14. The Labute approximate surface area is 61.2 Å². The number of hydrogen-bond donors (Lipinski definition) is 1. The molecule has 1 saturated heterocycles. The molecule has 2 heteroatoms. The van der Waals surface area contributed by atoms with Crippen molar-refractivity contribution in [2.24, 2.45) is 11.8 Å². The lowest BCUT2D eigenvalue weighted by molar-refractivity contribution is 0.0855. The number of rotatable bonds is 2. The lowest BCUT2D eigenvalue weighted by Crippen LogP contribution is -2.09. The Hall–Kier alpha value is -0.0800. The number of aliphatic hydroxyl groups excluding tert-OH is 1. The van der Waals surface area contributed by atoms with Crippen LogP contribution < -0.4 is 0 Å². The van der Waals surface area contributed by atoms with Crippen molar-refractivity contribution in [3.8, 4) is 0 Å². The van der Waals surface area contributed by atoms with Crippen LogP contribution in [0.1, 0.15) is 19.3 Å². The third kappa shape index (κ3) is 1.06. The molecule has 0 aromatic rings. The predicted molar refractivity (Wildman–Crippen MR) is 37.7 cm³/mol. The van der Waals surface area contributed by atoms with E-state index in [0.717, 1.165) is 6.61 Å². The number of aliphatic hydroxyl groups is 1. The van der Waals surface area contributed by atoms with Crippen molar-refractivity contribution >= 4 is 0 Å². The summed E-state index contributed by atoms with van der Waals surface area (Å²) < 4.78 is 5.50. The third-order valence-electron chi connectivity index (χ3n) is 2.65. The lowest BCUT2D eigenvalue weighted by Gasteiger charge is -2.06. The first-order chi connectivity index (χ1) is 4.92. The predicted octanol–water partition coefficient (Wildman–Crippen LogP) is 0.794. The molecule has 58 valence electrons. The molecule has 3 atom stereocenters. The molecule has 1 aliphatic carbocycles. The van der Waals surface area contributed by atoms with E-state index >= 15 is 0 Å². The second-order valence-corrected chi connectivity index (χ2v) is 3.39. The normalized spacial score (nSPS) is 45.9. The van der Waals surface area contributed by atoms with Crippen LogP contribution in [0, 0.1) is 11.8 Å². The van der Waals surface area contributed by atoms with E-state index in [1.807, 2.05) is 0 Å². The van der Waals surface area contributed by atoms with Gasteiger partial charge in [0.05, 0.1) is 6.10 Å². The number of ether oxygens (including phenoxy) is 1. The van der Waals surface area contributed by atoms with Gasteiger partial charge >= 0.3 is 0 Å². The fourth-order valence-electron chi connectivity index (χ4n) is 1.88. The van der Waals surface area contributed by atoms with Crippen molar-refractivity contribution in [1.29, 1.82) is 0 Å². The zero-order chi connectivity index (χ0) is 6.97. The summed E-state index contributed by atoms with van der Waals surface area (Å²) in [4.78, 5) is 0. The van der Waals surface area contributed by atoms with Crippen LogP contribution in [0.4, 0.5) is 0 Å². The molecule has 10 heavy (non-hydrogen) atoms. The lowest BCUT2D eigenvalue weighted by atomic mass is 10.1. The Balaban J connectivity index is 1.79. The van der Waals surface area contributed by atoms with Crippen LogP contribution in [0.2, 0.25) is 0 Å². The van der Waals surface area contributed by atoms with E-state index in [9.17, 15) is 0 Å². The molecule has 1 aliphatic heterocycles. The topological polar surface area (TPSA) is 29.5 Å². The Morgan fingerprint density at radius 1 is 1.50 bits per heavy atom. The van der Waals surface area contributed by atoms with Gasteiger partial charge in [-0.05, 0) is 31.1 Å². The Morgan fingerprint density at radius 2 is 2.40 bits per heavy atom. The van der Waals surface area contributed by atoms with E-state index in [1.54, 1.807) is 0 Å². The summed E-state index contributed by atoms with van der Waals surface area (Å²) in [6, 6.07) is 0. The monoisotopic (exact) mass is 142 g/mol. The molecule has 2 fully saturated rings. The molecule has 0 radical (unpaired) electrons. The summed E-state index contributed by atoms with van der Waals surface area (Å²) in [5.74, 6) is 1.27. The second kappa shape index (κ2) is 2.51. The van der Waals surface area contributed by atoms with Gasteiger partial charge in [-0.15, -0.1) is 0 Å². The van der Waals surface area contributed by atoms with E-state index in [1.165, 1.54) is 19.3 Å². The van der Waals surface area contributed by atoms with Gasteiger partial charge in [0.25, 0.3) is 0 Å². The van der Waals surface area contributed by atoms with E-state index < -0.39 is 0 Å². The average Bonchev–Trinajstić information content (AvgIpc) is 2.56. The molecule has 2 nitrogen and oxygen atoms in total. The first kappa shape index (κ1) is 6.62. The molecule has 0 aromatic carbocycles. The molecule has 0 bridgehead atoms. The van der Waals surface area contributed by atoms with Gasteiger partial charge in [0.2, 0.25) is 0 Å². The van der Waals surface area contributed by atoms with Gasteiger partial charge in [0.1, 0.15) is 0 Å². The molecule has 0 aromatic heterocycles. The second-order valence-electron chi connectivity index (χ2n) is 3.39. The van der Waals surface area contributed by atoms with Crippen LogP contribution in [-0.4, -0.2) is 24.4 Å². The average molecular weight is 142 g/mol. The quantitative estimate of drug-likeness (QED) is 0.617. The minimum Gasteiger partial charge on any atom is -0.396 e. The van der Waals surface area contributed by atoms with Crippen LogP contribution in [0.3, 0.4) is 0 Å². The summed E-state index contributed by atoms with van der Waals surface area (Å²) in [5, 5.41) is 8.78. The van der Waals surface area contributed by atoms with E-state index in [0.29, 0.717) is 24.5 Å². The minimum atomic E-state index is 0.366. The van der Waals surface area contributed by atoms with Crippen LogP contribution in [0.5, 0.6) is 0 Å². The number of hydrogen-bond acceptors (Lipinski definition) is 2. The maximum absolute atomic E-state index is 8.78. The van der Waals surface area contributed by atoms with Crippen molar-refractivity contribution in [2.45, 2.75) is 25.4 Å². The first-order valence-electron chi connectivity index (χ1n) is 4.14. The van der Waals surface area contributed by atoms with Crippen molar-refractivity contribution in [3.63, 3.8) is 0 Å². The Bertz CT molecular complexity index is 118. The summed E-state index contributed by atoms with van der Waals surface area (Å²) in [5.41, 5.74) is 0. The molecular weight excluding hydrogens is 128 g/mol. The molecule has 1 heterocycles. The highest BCUT2D eigenvalue weighted by Crippen LogP contribution is 2.44.